The molecule has 0 aromatic heterocycles. The molecule has 0 bridgehead atoms. The third-order valence-electron chi connectivity index (χ3n) is 4.08. The molecule has 0 radical (unpaired) electrons. The molecule has 3 rings (SSSR count). The fourth-order valence-corrected chi connectivity index (χ4v) is 2.73. The molecule has 24 heavy (non-hydrogen) atoms. The van der Waals surface area contributed by atoms with E-state index in [4.69, 9.17) is 4.74 Å². The Kier molecular flexibility index (Phi) is 4.51. The van der Waals surface area contributed by atoms with Crippen LogP contribution in [-0.2, 0) is 4.79 Å². The number of Topliss-reactive ketones (excluding diaryl/α,β-unsaturated/α-hetero) is 1. The van der Waals surface area contributed by atoms with Crippen LogP contribution in [0.2, 0.25) is 0 Å². The van der Waals surface area contributed by atoms with Crippen LogP contribution in [-0.4, -0.2) is 31.4 Å². The smallest absolute Gasteiger partial charge is 0.243 e. The number of hydrogen-bond donors (Lipinski definition) is 1. The van der Waals surface area contributed by atoms with Crippen LogP contribution in [0, 0.1) is 6.92 Å². The minimum absolute atomic E-state index is 0.00677. The number of para-hydroxylation sites is 1. The van der Waals surface area contributed by atoms with Gasteiger partial charge in [0.1, 0.15) is 12.4 Å². The van der Waals surface area contributed by atoms with E-state index in [1.54, 1.807) is 18.2 Å². The van der Waals surface area contributed by atoms with Gasteiger partial charge in [-0.1, -0.05) is 18.2 Å². The van der Waals surface area contributed by atoms with E-state index in [2.05, 4.69) is 5.32 Å². The highest BCUT2D eigenvalue weighted by Gasteiger charge is 2.21. The van der Waals surface area contributed by atoms with Gasteiger partial charge in [0.2, 0.25) is 5.91 Å². The molecule has 1 N–H and O–H groups in total. The third kappa shape index (κ3) is 3.40. The highest BCUT2D eigenvalue weighted by atomic mass is 16.5. The van der Waals surface area contributed by atoms with Crippen molar-refractivity contribution < 1.29 is 14.3 Å². The second-order valence-corrected chi connectivity index (χ2v) is 5.87. The standard InChI is InChI=1S/C19H20N2O3/c1-13-5-3-4-6-16(13)20-19(23)12-21-9-10-24-18-8-7-15(14(2)22)11-17(18)21/h3-8,11H,9-10,12H2,1-2H3,(H,20,23). The Morgan fingerprint density at radius 2 is 2.00 bits per heavy atom. The molecule has 0 fully saturated rings. The zero-order valence-corrected chi connectivity index (χ0v) is 13.8. The first-order valence-corrected chi connectivity index (χ1v) is 7.93. The highest BCUT2D eigenvalue weighted by molar-refractivity contribution is 5.97. The number of rotatable bonds is 4. The van der Waals surface area contributed by atoms with Crippen LogP contribution < -0.4 is 15.0 Å². The summed E-state index contributed by atoms with van der Waals surface area (Å²) in [6, 6.07) is 13.0. The molecule has 2 aromatic carbocycles. The van der Waals surface area contributed by atoms with Crippen molar-refractivity contribution in [3.8, 4) is 5.75 Å². The number of carbonyl (C=O) groups excluding carboxylic acids is 2. The average Bonchev–Trinajstić information content (AvgIpc) is 2.57. The summed E-state index contributed by atoms with van der Waals surface area (Å²) in [6.45, 7) is 4.82. The van der Waals surface area contributed by atoms with E-state index < -0.39 is 0 Å². The van der Waals surface area contributed by atoms with Crippen LogP contribution in [0.25, 0.3) is 0 Å². The second kappa shape index (κ2) is 6.74. The fraction of sp³-hybridized carbons (Fsp3) is 0.263. The molecule has 0 saturated heterocycles. The highest BCUT2D eigenvalue weighted by Crippen LogP contribution is 2.32. The first-order valence-electron chi connectivity index (χ1n) is 7.93. The van der Waals surface area contributed by atoms with Gasteiger partial charge in [0.25, 0.3) is 0 Å². The van der Waals surface area contributed by atoms with Gasteiger partial charge >= 0.3 is 0 Å². The number of ether oxygens (including phenoxy) is 1. The molecule has 0 atom stereocenters. The number of hydrogen-bond acceptors (Lipinski definition) is 4. The van der Waals surface area contributed by atoms with E-state index in [1.165, 1.54) is 6.92 Å². The van der Waals surface area contributed by atoms with Gasteiger partial charge in [0.05, 0.1) is 18.8 Å². The summed E-state index contributed by atoms with van der Waals surface area (Å²) in [5, 5.41) is 2.94. The number of carbonyl (C=O) groups is 2. The van der Waals surface area contributed by atoms with Gasteiger partial charge in [-0.2, -0.15) is 0 Å². The zero-order chi connectivity index (χ0) is 17.1. The van der Waals surface area contributed by atoms with Gasteiger partial charge in [0.15, 0.2) is 5.78 Å². The Morgan fingerprint density at radius 1 is 1.21 bits per heavy atom. The predicted molar refractivity (Wildman–Crippen MR) is 94.0 cm³/mol. The van der Waals surface area contributed by atoms with Crippen LogP contribution in [0.4, 0.5) is 11.4 Å². The summed E-state index contributed by atoms with van der Waals surface area (Å²) in [5.41, 5.74) is 3.23. The number of ketones is 1. The van der Waals surface area contributed by atoms with Crippen LogP contribution in [0.15, 0.2) is 42.5 Å². The molecule has 1 aliphatic rings. The molecule has 5 heteroatoms. The summed E-state index contributed by atoms with van der Waals surface area (Å²) >= 11 is 0. The molecule has 0 unspecified atom stereocenters. The number of aryl methyl sites for hydroxylation is 1. The summed E-state index contributed by atoms with van der Waals surface area (Å²) in [7, 11) is 0. The van der Waals surface area contributed by atoms with Crippen LogP contribution in [0.1, 0.15) is 22.8 Å². The van der Waals surface area contributed by atoms with E-state index in [0.717, 1.165) is 16.9 Å². The Labute approximate surface area is 141 Å². The first-order chi connectivity index (χ1) is 11.5. The van der Waals surface area contributed by atoms with E-state index in [0.29, 0.717) is 24.5 Å². The lowest BCUT2D eigenvalue weighted by atomic mass is 10.1. The maximum Gasteiger partial charge on any atom is 0.243 e. The number of fused-ring (bicyclic) bond motifs is 1. The van der Waals surface area contributed by atoms with Gasteiger partial charge in [-0.3, -0.25) is 9.59 Å². The topological polar surface area (TPSA) is 58.6 Å². The number of nitrogens with one attached hydrogen (secondary N) is 1. The normalized spacial score (nSPS) is 13.0. The van der Waals surface area contributed by atoms with Gasteiger partial charge in [-0.05, 0) is 43.7 Å². The largest absolute Gasteiger partial charge is 0.490 e. The van der Waals surface area contributed by atoms with Gasteiger partial charge in [-0.25, -0.2) is 0 Å². The van der Waals surface area contributed by atoms with E-state index in [-0.39, 0.29) is 18.2 Å². The van der Waals surface area contributed by atoms with Crippen LogP contribution >= 0.6 is 0 Å². The van der Waals surface area contributed by atoms with Crippen LogP contribution in [0.3, 0.4) is 0 Å². The summed E-state index contributed by atoms with van der Waals surface area (Å²) in [6.07, 6.45) is 0. The lowest BCUT2D eigenvalue weighted by molar-refractivity contribution is -0.115. The van der Waals surface area contributed by atoms with Crippen molar-refractivity contribution in [3.05, 3.63) is 53.6 Å². The Morgan fingerprint density at radius 3 is 2.75 bits per heavy atom. The molecule has 1 amide bonds. The van der Waals surface area contributed by atoms with E-state index in [1.807, 2.05) is 36.1 Å². The predicted octanol–water partition coefficient (Wildman–Crippen LogP) is 3.04. The minimum Gasteiger partial charge on any atom is -0.490 e. The molecule has 1 aliphatic heterocycles. The SMILES string of the molecule is CC(=O)c1ccc2c(c1)N(CC(=O)Nc1ccccc1C)CCO2. The summed E-state index contributed by atoms with van der Waals surface area (Å²) in [4.78, 5) is 25.9. The maximum atomic E-state index is 12.4. The van der Waals surface area contributed by atoms with Crippen molar-refractivity contribution in [2.75, 3.05) is 29.9 Å². The quantitative estimate of drug-likeness (QED) is 0.878. The summed E-state index contributed by atoms with van der Waals surface area (Å²) in [5.74, 6) is 0.605. The van der Waals surface area contributed by atoms with Crippen molar-refractivity contribution in [3.63, 3.8) is 0 Å². The zero-order valence-electron chi connectivity index (χ0n) is 13.8. The van der Waals surface area contributed by atoms with Crippen molar-refractivity contribution in [1.82, 2.24) is 0 Å². The molecule has 5 nitrogen and oxygen atoms in total. The molecule has 0 saturated carbocycles. The second-order valence-electron chi connectivity index (χ2n) is 5.87. The Hall–Kier alpha value is -2.82. The number of nitrogens with zero attached hydrogens (tertiary/aromatic N) is 1. The first kappa shape index (κ1) is 16.1. The Bertz CT molecular complexity index is 786. The number of benzene rings is 2. The van der Waals surface area contributed by atoms with E-state index >= 15 is 0 Å². The fourth-order valence-electron chi connectivity index (χ4n) is 2.73. The molecule has 124 valence electrons. The lowest BCUT2D eigenvalue weighted by Gasteiger charge is -2.31. The number of amides is 1. The van der Waals surface area contributed by atoms with Gasteiger partial charge in [-0.15, -0.1) is 0 Å². The third-order valence-corrected chi connectivity index (χ3v) is 4.08. The average molecular weight is 324 g/mol. The van der Waals surface area contributed by atoms with Crippen molar-refractivity contribution >= 4 is 23.1 Å². The van der Waals surface area contributed by atoms with Crippen molar-refractivity contribution in [2.24, 2.45) is 0 Å². The molecule has 2 aromatic rings. The lowest BCUT2D eigenvalue weighted by Crippen LogP contribution is -2.39. The molecular weight excluding hydrogens is 304 g/mol. The van der Waals surface area contributed by atoms with Crippen molar-refractivity contribution in [1.29, 1.82) is 0 Å². The van der Waals surface area contributed by atoms with Crippen molar-refractivity contribution in [2.45, 2.75) is 13.8 Å². The minimum atomic E-state index is -0.0922. The monoisotopic (exact) mass is 324 g/mol. The molecule has 0 spiro atoms. The maximum absolute atomic E-state index is 12.4. The van der Waals surface area contributed by atoms with Gasteiger partial charge < -0.3 is 15.0 Å². The van der Waals surface area contributed by atoms with Crippen LogP contribution in [0.5, 0.6) is 5.75 Å². The summed E-state index contributed by atoms with van der Waals surface area (Å²) < 4.78 is 5.62. The van der Waals surface area contributed by atoms with E-state index in [9.17, 15) is 9.59 Å². The Balaban J connectivity index is 1.77. The number of anilines is 2. The molecular formula is C19H20N2O3. The molecule has 1 heterocycles. The molecule has 0 aliphatic carbocycles. The van der Waals surface area contributed by atoms with Gasteiger partial charge in [0, 0.05) is 11.3 Å².